The van der Waals surface area contributed by atoms with Gasteiger partial charge in [0.1, 0.15) is 5.82 Å². The Morgan fingerprint density at radius 3 is 2.90 bits per heavy atom. The Hall–Kier alpha value is -0.950. The van der Waals surface area contributed by atoms with Crippen LogP contribution in [0.3, 0.4) is 0 Å². The molecule has 0 aliphatic carbocycles. The lowest BCUT2D eigenvalue weighted by atomic mass is 10.3. The molecule has 0 aromatic heterocycles. The molecule has 4 nitrogen and oxygen atoms in total. The minimum Gasteiger partial charge on any atom is -0.379 e. The van der Waals surface area contributed by atoms with Crippen molar-refractivity contribution in [1.82, 2.24) is 10.2 Å². The third kappa shape index (κ3) is 4.86. The molecule has 1 aliphatic rings. The zero-order valence-electron chi connectivity index (χ0n) is 11.0. The highest BCUT2D eigenvalue weighted by molar-refractivity contribution is 7.80. The summed E-state index contributed by atoms with van der Waals surface area (Å²) in [5, 5.41) is 6.71. The number of thiocarbonyl (C=S) groups is 1. The van der Waals surface area contributed by atoms with Crippen LogP contribution in [-0.4, -0.2) is 49.4 Å². The summed E-state index contributed by atoms with van der Waals surface area (Å²) < 4.78 is 18.8. The normalized spacial score (nSPS) is 15.9. The van der Waals surface area contributed by atoms with Gasteiger partial charge < -0.3 is 15.4 Å². The molecule has 2 N–H and O–H groups in total. The summed E-state index contributed by atoms with van der Waals surface area (Å²) in [4.78, 5) is 2.29. The van der Waals surface area contributed by atoms with Crippen LogP contribution in [0.1, 0.15) is 0 Å². The molecule has 0 radical (unpaired) electrons. The van der Waals surface area contributed by atoms with Crippen molar-refractivity contribution in [2.45, 2.75) is 0 Å². The molecule has 1 aliphatic heterocycles. The van der Waals surface area contributed by atoms with Gasteiger partial charge in [-0.2, -0.15) is 0 Å². The molecule has 2 rings (SSSR count). The van der Waals surface area contributed by atoms with E-state index in [1.807, 2.05) is 0 Å². The van der Waals surface area contributed by atoms with Crippen LogP contribution in [0.5, 0.6) is 0 Å². The van der Waals surface area contributed by atoms with Gasteiger partial charge in [-0.15, -0.1) is 0 Å². The maximum atomic E-state index is 13.5. The topological polar surface area (TPSA) is 36.5 Å². The summed E-state index contributed by atoms with van der Waals surface area (Å²) in [6.45, 7) is 5.00. The monoisotopic (exact) mass is 317 g/mol. The van der Waals surface area contributed by atoms with E-state index in [9.17, 15) is 4.39 Å². The highest BCUT2D eigenvalue weighted by atomic mass is 35.5. The van der Waals surface area contributed by atoms with Crippen LogP contribution < -0.4 is 10.6 Å². The summed E-state index contributed by atoms with van der Waals surface area (Å²) in [5.74, 6) is -0.383. The number of halogens is 2. The summed E-state index contributed by atoms with van der Waals surface area (Å²) in [6, 6.07) is 4.31. The second kappa shape index (κ2) is 7.73. The van der Waals surface area contributed by atoms with Gasteiger partial charge in [0.15, 0.2) is 5.11 Å². The van der Waals surface area contributed by atoms with Gasteiger partial charge in [0, 0.05) is 31.2 Å². The lowest BCUT2D eigenvalue weighted by Crippen LogP contribution is -2.42. The third-order valence-corrected chi connectivity index (χ3v) is 3.48. The highest BCUT2D eigenvalue weighted by Gasteiger charge is 2.10. The van der Waals surface area contributed by atoms with E-state index in [4.69, 9.17) is 28.6 Å². The standard InChI is InChI=1S/C13H17ClFN3OS/c14-10-1-2-11(15)12(9-10)17-13(20)16-3-4-18-5-7-19-8-6-18/h1-2,9H,3-8H2,(H2,16,17,20). The maximum Gasteiger partial charge on any atom is 0.170 e. The fraction of sp³-hybridized carbons (Fsp3) is 0.462. The number of hydrogen-bond acceptors (Lipinski definition) is 3. The molecule has 0 unspecified atom stereocenters. The molecule has 0 bridgehead atoms. The van der Waals surface area contributed by atoms with Gasteiger partial charge in [0.25, 0.3) is 0 Å². The molecule has 1 fully saturated rings. The van der Waals surface area contributed by atoms with Gasteiger partial charge in [-0.1, -0.05) is 11.6 Å². The zero-order chi connectivity index (χ0) is 14.4. The van der Waals surface area contributed by atoms with Crippen molar-refractivity contribution in [2.24, 2.45) is 0 Å². The number of nitrogens with one attached hydrogen (secondary N) is 2. The van der Waals surface area contributed by atoms with Crippen molar-refractivity contribution >= 4 is 34.6 Å². The Morgan fingerprint density at radius 2 is 2.15 bits per heavy atom. The number of rotatable bonds is 4. The fourth-order valence-electron chi connectivity index (χ4n) is 1.91. The van der Waals surface area contributed by atoms with Gasteiger partial charge in [-0.05, 0) is 30.4 Å². The van der Waals surface area contributed by atoms with Crippen molar-refractivity contribution in [3.8, 4) is 0 Å². The van der Waals surface area contributed by atoms with Gasteiger partial charge in [-0.3, -0.25) is 4.90 Å². The SMILES string of the molecule is Fc1ccc(Cl)cc1NC(=S)NCCN1CCOCC1. The quantitative estimate of drug-likeness (QED) is 0.832. The Morgan fingerprint density at radius 1 is 1.40 bits per heavy atom. The minimum absolute atomic E-state index is 0.279. The fourth-order valence-corrected chi connectivity index (χ4v) is 2.30. The van der Waals surface area contributed by atoms with E-state index in [2.05, 4.69) is 15.5 Å². The van der Waals surface area contributed by atoms with Crippen LogP contribution in [0.15, 0.2) is 18.2 Å². The Kier molecular flexibility index (Phi) is 5.97. The van der Waals surface area contributed by atoms with Crippen molar-refractivity contribution in [2.75, 3.05) is 44.7 Å². The first-order chi connectivity index (χ1) is 9.65. The van der Waals surface area contributed by atoms with Crippen LogP contribution in [0.25, 0.3) is 0 Å². The number of benzene rings is 1. The van der Waals surface area contributed by atoms with Crippen LogP contribution >= 0.6 is 23.8 Å². The van der Waals surface area contributed by atoms with E-state index in [1.165, 1.54) is 18.2 Å². The molecular weight excluding hydrogens is 301 g/mol. The van der Waals surface area contributed by atoms with E-state index < -0.39 is 0 Å². The van der Waals surface area contributed by atoms with Gasteiger partial charge in [0.2, 0.25) is 0 Å². The number of ether oxygens (including phenoxy) is 1. The van der Waals surface area contributed by atoms with Crippen LogP contribution in [0, 0.1) is 5.82 Å². The summed E-state index contributed by atoms with van der Waals surface area (Å²) >= 11 is 10.9. The van der Waals surface area contributed by atoms with Gasteiger partial charge >= 0.3 is 0 Å². The molecule has 1 aromatic rings. The first kappa shape index (κ1) is 15.4. The number of hydrogen-bond donors (Lipinski definition) is 2. The average Bonchev–Trinajstić information content (AvgIpc) is 2.44. The van der Waals surface area contributed by atoms with Crippen LogP contribution in [0.2, 0.25) is 5.02 Å². The number of nitrogens with zero attached hydrogens (tertiary/aromatic N) is 1. The second-order valence-electron chi connectivity index (χ2n) is 4.46. The number of anilines is 1. The molecule has 1 aromatic carbocycles. The molecule has 20 heavy (non-hydrogen) atoms. The van der Waals surface area contributed by atoms with Crippen molar-refractivity contribution < 1.29 is 9.13 Å². The Labute approximate surface area is 128 Å². The van der Waals surface area contributed by atoms with E-state index in [1.54, 1.807) is 0 Å². The lowest BCUT2D eigenvalue weighted by molar-refractivity contribution is 0.0389. The summed E-state index contributed by atoms with van der Waals surface area (Å²) in [7, 11) is 0. The molecule has 7 heteroatoms. The largest absolute Gasteiger partial charge is 0.379 e. The first-order valence-corrected chi connectivity index (χ1v) is 7.24. The molecule has 1 saturated heterocycles. The van der Waals surface area contributed by atoms with Gasteiger partial charge in [0.05, 0.1) is 18.9 Å². The van der Waals surface area contributed by atoms with Crippen molar-refractivity contribution in [3.05, 3.63) is 29.0 Å². The van der Waals surface area contributed by atoms with Crippen molar-refractivity contribution in [3.63, 3.8) is 0 Å². The third-order valence-electron chi connectivity index (χ3n) is 2.99. The smallest absolute Gasteiger partial charge is 0.170 e. The van der Waals surface area contributed by atoms with E-state index in [0.717, 1.165) is 32.8 Å². The minimum atomic E-state index is -0.383. The Balaban J connectivity index is 1.73. The van der Waals surface area contributed by atoms with E-state index in [-0.39, 0.29) is 11.5 Å². The molecule has 0 atom stereocenters. The van der Waals surface area contributed by atoms with E-state index >= 15 is 0 Å². The second-order valence-corrected chi connectivity index (χ2v) is 5.30. The van der Waals surface area contributed by atoms with Gasteiger partial charge in [-0.25, -0.2) is 4.39 Å². The molecule has 0 spiro atoms. The molecule has 0 saturated carbocycles. The predicted octanol–water partition coefficient (Wildman–Crippen LogP) is 2.10. The molecular formula is C13H17ClFN3OS. The first-order valence-electron chi connectivity index (χ1n) is 6.45. The van der Waals surface area contributed by atoms with Crippen LogP contribution in [-0.2, 0) is 4.74 Å². The number of morpholine rings is 1. The average molecular weight is 318 g/mol. The van der Waals surface area contributed by atoms with Crippen molar-refractivity contribution in [1.29, 1.82) is 0 Å². The Bertz CT molecular complexity index is 469. The zero-order valence-corrected chi connectivity index (χ0v) is 12.6. The maximum absolute atomic E-state index is 13.5. The highest BCUT2D eigenvalue weighted by Crippen LogP contribution is 2.19. The van der Waals surface area contributed by atoms with Crippen LogP contribution in [0.4, 0.5) is 10.1 Å². The summed E-state index contributed by atoms with van der Waals surface area (Å²) in [6.07, 6.45) is 0. The molecule has 110 valence electrons. The molecule has 0 amide bonds. The van der Waals surface area contributed by atoms with E-state index in [0.29, 0.717) is 16.7 Å². The lowest BCUT2D eigenvalue weighted by Gasteiger charge is -2.26. The molecule has 1 heterocycles. The predicted molar refractivity (Wildman–Crippen MR) is 82.9 cm³/mol. The summed E-state index contributed by atoms with van der Waals surface area (Å²) in [5.41, 5.74) is 0.279.